The standard InChI is InChI=1S/C20H17NO6/c1-13-4-2-3-5-16(13)23-11-20(22)24-10-15-9-18(27-21-15)14-6-7-17-19(8-14)26-12-25-17/h2-9H,10-12H2,1H3. The number of aryl methyl sites for hydroxylation is 1. The minimum absolute atomic E-state index is 0.00399. The van der Waals surface area contributed by atoms with Crippen molar-refractivity contribution in [1.29, 1.82) is 0 Å². The van der Waals surface area contributed by atoms with Crippen molar-refractivity contribution in [2.24, 2.45) is 0 Å². The number of aromatic nitrogens is 1. The topological polar surface area (TPSA) is 80.0 Å². The molecule has 7 heteroatoms. The third-order valence-electron chi connectivity index (χ3n) is 4.04. The van der Waals surface area contributed by atoms with Gasteiger partial charge in [-0.05, 0) is 36.8 Å². The molecule has 0 unspecified atom stereocenters. The van der Waals surface area contributed by atoms with Gasteiger partial charge in [0.05, 0.1) is 0 Å². The number of para-hydroxylation sites is 1. The molecule has 27 heavy (non-hydrogen) atoms. The van der Waals surface area contributed by atoms with Crippen LogP contribution in [0.3, 0.4) is 0 Å². The maximum Gasteiger partial charge on any atom is 0.344 e. The summed E-state index contributed by atoms with van der Waals surface area (Å²) in [4.78, 5) is 11.9. The van der Waals surface area contributed by atoms with Crippen molar-refractivity contribution in [1.82, 2.24) is 5.16 Å². The van der Waals surface area contributed by atoms with E-state index < -0.39 is 5.97 Å². The van der Waals surface area contributed by atoms with Crippen molar-refractivity contribution in [3.05, 3.63) is 59.8 Å². The van der Waals surface area contributed by atoms with Gasteiger partial charge in [-0.15, -0.1) is 0 Å². The van der Waals surface area contributed by atoms with Crippen LogP contribution in [0.25, 0.3) is 11.3 Å². The maximum absolute atomic E-state index is 11.9. The van der Waals surface area contributed by atoms with Crippen LogP contribution < -0.4 is 14.2 Å². The molecule has 2 heterocycles. The molecule has 1 aromatic heterocycles. The number of ether oxygens (including phenoxy) is 4. The lowest BCUT2D eigenvalue weighted by atomic mass is 10.1. The monoisotopic (exact) mass is 367 g/mol. The van der Waals surface area contributed by atoms with Crippen molar-refractivity contribution < 1.29 is 28.3 Å². The third kappa shape index (κ3) is 3.87. The first-order valence-corrected chi connectivity index (χ1v) is 8.39. The average Bonchev–Trinajstić information content (AvgIpc) is 3.34. The Morgan fingerprint density at radius 3 is 2.85 bits per heavy atom. The second-order valence-corrected chi connectivity index (χ2v) is 5.97. The van der Waals surface area contributed by atoms with Crippen LogP contribution in [-0.2, 0) is 16.1 Å². The first-order chi connectivity index (χ1) is 13.2. The normalized spacial score (nSPS) is 12.0. The minimum Gasteiger partial charge on any atom is -0.482 e. The van der Waals surface area contributed by atoms with Gasteiger partial charge in [-0.3, -0.25) is 0 Å². The zero-order valence-corrected chi connectivity index (χ0v) is 14.6. The number of rotatable bonds is 6. The Balaban J connectivity index is 1.32. The smallest absolute Gasteiger partial charge is 0.344 e. The number of benzene rings is 2. The highest BCUT2D eigenvalue weighted by molar-refractivity contribution is 5.71. The summed E-state index contributed by atoms with van der Waals surface area (Å²) in [7, 11) is 0. The molecule has 0 radical (unpaired) electrons. The van der Waals surface area contributed by atoms with E-state index in [-0.39, 0.29) is 20.0 Å². The molecule has 1 aliphatic rings. The van der Waals surface area contributed by atoms with Crippen LogP contribution in [0.5, 0.6) is 17.2 Å². The number of carbonyl (C=O) groups excluding carboxylic acids is 1. The molecule has 0 bridgehead atoms. The Bertz CT molecular complexity index is 965. The highest BCUT2D eigenvalue weighted by Gasteiger charge is 2.16. The number of hydrogen-bond donors (Lipinski definition) is 0. The largest absolute Gasteiger partial charge is 0.482 e. The molecule has 0 N–H and O–H groups in total. The zero-order valence-electron chi connectivity index (χ0n) is 14.6. The molecule has 0 saturated carbocycles. The van der Waals surface area contributed by atoms with Crippen molar-refractivity contribution in [3.63, 3.8) is 0 Å². The molecule has 0 atom stereocenters. The average molecular weight is 367 g/mol. The highest BCUT2D eigenvalue weighted by atomic mass is 16.7. The molecule has 4 rings (SSSR count). The van der Waals surface area contributed by atoms with E-state index in [0.29, 0.717) is 28.7 Å². The number of nitrogens with zero attached hydrogens (tertiary/aromatic N) is 1. The van der Waals surface area contributed by atoms with E-state index in [0.717, 1.165) is 11.1 Å². The summed E-state index contributed by atoms with van der Waals surface area (Å²) < 4.78 is 26.6. The molecule has 1 aliphatic heterocycles. The Morgan fingerprint density at radius 2 is 1.96 bits per heavy atom. The van der Waals surface area contributed by atoms with Gasteiger partial charge in [-0.25, -0.2) is 4.79 Å². The molecule has 0 fully saturated rings. The summed E-state index contributed by atoms with van der Waals surface area (Å²) in [5, 5.41) is 3.93. The fraction of sp³-hybridized carbons (Fsp3) is 0.200. The van der Waals surface area contributed by atoms with Gasteiger partial charge in [0.15, 0.2) is 23.9 Å². The molecule has 0 spiro atoms. The van der Waals surface area contributed by atoms with Crippen LogP contribution in [0, 0.1) is 6.92 Å². The summed E-state index contributed by atoms with van der Waals surface area (Å²) in [5.41, 5.74) is 2.26. The number of esters is 1. The molecule has 7 nitrogen and oxygen atoms in total. The number of carbonyl (C=O) groups is 1. The fourth-order valence-corrected chi connectivity index (χ4v) is 2.62. The van der Waals surface area contributed by atoms with Crippen molar-refractivity contribution in [3.8, 4) is 28.6 Å². The van der Waals surface area contributed by atoms with Crippen LogP contribution in [0.15, 0.2) is 53.1 Å². The lowest BCUT2D eigenvalue weighted by Gasteiger charge is -2.08. The molecule has 3 aromatic rings. The molecular formula is C20H17NO6. The Labute approximate surface area is 155 Å². The Morgan fingerprint density at radius 1 is 1.11 bits per heavy atom. The van der Waals surface area contributed by atoms with E-state index in [1.807, 2.05) is 43.3 Å². The fourth-order valence-electron chi connectivity index (χ4n) is 2.62. The molecule has 0 aliphatic carbocycles. The van der Waals surface area contributed by atoms with E-state index in [4.69, 9.17) is 23.5 Å². The van der Waals surface area contributed by atoms with Gasteiger partial charge in [0.2, 0.25) is 6.79 Å². The van der Waals surface area contributed by atoms with Crippen molar-refractivity contribution >= 4 is 5.97 Å². The zero-order chi connectivity index (χ0) is 18.6. The second kappa shape index (κ2) is 7.41. The maximum atomic E-state index is 11.9. The van der Waals surface area contributed by atoms with Gasteiger partial charge >= 0.3 is 5.97 Å². The van der Waals surface area contributed by atoms with E-state index in [1.165, 1.54) is 0 Å². The van der Waals surface area contributed by atoms with Crippen molar-refractivity contribution in [2.45, 2.75) is 13.5 Å². The lowest BCUT2D eigenvalue weighted by Crippen LogP contribution is -2.15. The first-order valence-electron chi connectivity index (χ1n) is 8.39. The first kappa shape index (κ1) is 17.0. The third-order valence-corrected chi connectivity index (χ3v) is 4.04. The van der Waals surface area contributed by atoms with Crippen LogP contribution in [0.2, 0.25) is 0 Å². The summed E-state index contributed by atoms with van der Waals surface area (Å²) >= 11 is 0. The molecule has 0 saturated heterocycles. The van der Waals surface area contributed by atoms with Crippen molar-refractivity contribution in [2.75, 3.05) is 13.4 Å². The Kier molecular flexibility index (Phi) is 4.65. The molecule has 2 aromatic carbocycles. The van der Waals surface area contributed by atoms with Crippen LogP contribution >= 0.6 is 0 Å². The SMILES string of the molecule is Cc1ccccc1OCC(=O)OCc1cc(-c2ccc3c(c2)OCO3)on1. The minimum atomic E-state index is -0.481. The van der Waals surface area contributed by atoms with Gasteiger partial charge < -0.3 is 23.5 Å². The predicted octanol–water partition coefficient (Wildman–Crippen LogP) is 3.50. The van der Waals surface area contributed by atoms with E-state index >= 15 is 0 Å². The predicted molar refractivity (Wildman–Crippen MR) is 94.5 cm³/mol. The van der Waals surface area contributed by atoms with Crippen LogP contribution in [-0.4, -0.2) is 24.5 Å². The van der Waals surface area contributed by atoms with Gasteiger partial charge in [0.1, 0.15) is 18.1 Å². The summed E-state index contributed by atoms with van der Waals surface area (Å²) in [6.07, 6.45) is 0. The van der Waals surface area contributed by atoms with E-state index in [9.17, 15) is 4.79 Å². The van der Waals surface area contributed by atoms with E-state index in [1.54, 1.807) is 12.1 Å². The van der Waals surface area contributed by atoms with E-state index in [2.05, 4.69) is 5.16 Å². The van der Waals surface area contributed by atoms with Gasteiger partial charge in [-0.2, -0.15) is 0 Å². The van der Waals surface area contributed by atoms with Crippen LogP contribution in [0.4, 0.5) is 0 Å². The molecule has 138 valence electrons. The van der Waals surface area contributed by atoms with Gasteiger partial charge in [0.25, 0.3) is 0 Å². The van der Waals surface area contributed by atoms with Gasteiger partial charge in [0, 0.05) is 11.6 Å². The Hall–Kier alpha value is -3.48. The summed E-state index contributed by atoms with van der Waals surface area (Å²) in [6, 6.07) is 14.7. The lowest BCUT2D eigenvalue weighted by molar-refractivity contribution is -0.147. The summed E-state index contributed by atoms with van der Waals surface area (Å²) in [6.45, 7) is 1.95. The highest BCUT2D eigenvalue weighted by Crippen LogP contribution is 2.36. The number of fused-ring (bicyclic) bond motifs is 1. The quantitative estimate of drug-likeness (QED) is 0.617. The van der Waals surface area contributed by atoms with Gasteiger partial charge in [-0.1, -0.05) is 23.4 Å². The molecule has 0 amide bonds. The van der Waals surface area contributed by atoms with Crippen LogP contribution in [0.1, 0.15) is 11.3 Å². The summed E-state index contributed by atoms with van der Waals surface area (Å²) in [5.74, 6) is 2.08. The second-order valence-electron chi connectivity index (χ2n) is 5.97. The molecular weight excluding hydrogens is 350 g/mol. The number of hydrogen-bond acceptors (Lipinski definition) is 7.